The topological polar surface area (TPSA) is 63.6 Å². The van der Waals surface area contributed by atoms with Crippen LogP contribution in [0.4, 0.5) is 0 Å². The molecule has 4 heteroatoms. The highest BCUT2D eigenvalue weighted by Crippen LogP contribution is 2.14. The van der Waals surface area contributed by atoms with Crippen LogP contribution in [0.5, 0.6) is 5.75 Å². The number of carbonyl (C=O) groups excluding carboxylic acids is 1. The number of ketones is 1. The Kier molecular flexibility index (Phi) is 5.36. The van der Waals surface area contributed by atoms with E-state index in [-0.39, 0.29) is 6.42 Å². The van der Waals surface area contributed by atoms with Crippen LogP contribution in [-0.4, -0.2) is 23.5 Å². The zero-order valence-electron chi connectivity index (χ0n) is 10.7. The van der Waals surface area contributed by atoms with Crippen LogP contribution in [0.3, 0.4) is 0 Å². The average Bonchev–Trinajstić information content (AvgIpc) is 2.34. The third-order valence-corrected chi connectivity index (χ3v) is 2.39. The van der Waals surface area contributed by atoms with Gasteiger partial charge in [-0.25, -0.2) is 4.79 Å². The molecule has 4 nitrogen and oxygen atoms in total. The quantitative estimate of drug-likeness (QED) is 0.754. The molecule has 0 spiro atoms. The first-order valence-electron chi connectivity index (χ1n) is 5.97. The maximum absolute atomic E-state index is 10.9. The van der Waals surface area contributed by atoms with E-state index in [2.05, 4.69) is 13.8 Å². The molecule has 0 atom stereocenters. The number of Topliss-reactive ketones (excluding diaryl/α,β-unsaturated/α-hetero) is 1. The normalized spacial score (nSPS) is 10.4. The lowest BCUT2D eigenvalue weighted by atomic mass is 10.1. The summed E-state index contributed by atoms with van der Waals surface area (Å²) in [4.78, 5) is 21.3. The third-order valence-electron chi connectivity index (χ3n) is 2.39. The highest BCUT2D eigenvalue weighted by molar-refractivity contribution is 6.32. The van der Waals surface area contributed by atoms with Gasteiger partial charge >= 0.3 is 5.97 Å². The van der Waals surface area contributed by atoms with Gasteiger partial charge < -0.3 is 9.84 Å². The van der Waals surface area contributed by atoms with E-state index in [0.717, 1.165) is 11.3 Å². The second kappa shape index (κ2) is 6.79. The third kappa shape index (κ3) is 4.99. The summed E-state index contributed by atoms with van der Waals surface area (Å²) in [6.07, 6.45) is 0.469. The summed E-state index contributed by atoms with van der Waals surface area (Å²) in [5, 5.41) is 8.46. The summed E-state index contributed by atoms with van der Waals surface area (Å²) in [6, 6.07) is 7.38. The van der Waals surface area contributed by atoms with Crippen molar-refractivity contribution in [3.63, 3.8) is 0 Å². The maximum atomic E-state index is 10.9. The predicted octanol–water partition coefficient (Wildman–Crippen LogP) is 2.31. The number of hydrogen-bond acceptors (Lipinski definition) is 3. The lowest BCUT2D eigenvalue weighted by Crippen LogP contribution is -2.12. The molecule has 1 aromatic carbocycles. The summed E-state index contributed by atoms with van der Waals surface area (Å²) in [5.74, 6) is -0.864. The molecule has 0 aliphatic carbocycles. The van der Waals surface area contributed by atoms with Crippen LogP contribution in [0, 0.1) is 5.92 Å². The van der Waals surface area contributed by atoms with Crippen LogP contribution >= 0.6 is 0 Å². The Balaban J connectivity index is 2.45. The molecule has 0 bridgehead atoms. The number of carboxylic acids is 1. The van der Waals surface area contributed by atoms with Gasteiger partial charge in [0.15, 0.2) is 0 Å². The molecular weight excluding hydrogens is 232 g/mol. The fraction of sp³-hybridized carbons (Fsp3) is 0.429. The highest BCUT2D eigenvalue weighted by atomic mass is 16.5. The smallest absolute Gasteiger partial charge is 0.372 e. The standard InChI is InChI=1S/C14H18O4/c1-10(2)9-18-12-6-3-11(4-7-12)5-8-13(15)14(16)17/h3-4,6-7,10H,5,8-9H2,1-2H3,(H,16,17). The van der Waals surface area contributed by atoms with Gasteiger partial charge in [-0.05, 0) is 30.0 Å². The molecule has 18 heavy (non-hydrogen) atoms. The molecule has 0 saturated heterocycles. The first-order chi connectivity index (χ1) is 8.49. The first kappa shape index (κ1) is 14.2. The number of rotatable bonds is 7. The average molecular weight is 250 g/mol. The summed E-state index contributed by atoms with van der Waals surface area (Å²) >= 11 is 0. The van der Waals surface area contributed by atoms with Gasteiger partial charge in [-0.2, -0.15) is 0 Å². The van der Waals surface area contributed by atoms with Gasteiger partial charge in [0.25, 0.3) is 0 Å². The minimum absolute atomic E-state index is 0.0293. The first-order valence-corrected chi connectivity index (χ1v) is 5.97. The van der Waals surface area contributed by atoms with Crippen molar-refractivity contribution in [1.29, 1.82) is 0 Å². The van der Waals surface area contributed by atoms with E-state index >= 15 is 0 Å². The Morgan fingerprint density at radius 2 is 1.83 bits per heavy atom. The van der Waals surface area contributed by atoms with Crippen molar-refractivity contribution in [2.75, 3.05) is 6.61 Å². The molecule has 0 unspecified atom stereocenters. The van der Waals surface area contributed by atoms with Gasteiger partial charge in [0, 0.05) is 6.42 Å². The predicted molar refractivity (Wildman–Crippen MR) is 67.7 cm³/mol. The second-order valence-electron chi connectivity index (χ2n) is 4.58. The van der Waals surface area contributed by atoms with Crippen molar-refractivity contribution in [3.8, 4) is 5.75 Å². The number of carboxylic acid groups (broad SMARTS) is 1. The molecule has 0 saturated carbocycles. The highest BCUT2D eigenvalue weighted by Gasteiger charge is 2.10. The van der Waals surface area contributed by atoms with Gasteiger partial charge in [-0.15, -0.1) is 0 Å². The zero-order valence-corrected chi connectivity index (χ0v) is 10.7. The van der Waals surface area contributed by atoms with Crippen LogP contribution in [0.2, 0.25) is 0 Å². The van der Waals surface area contributed by atoms with Crippen molar-refractivity contribution in [3.05, 3.63) is 29.8 Å². The monoisotopic (exact) mass is 250 g/mol. The van der Waals surface area contributed by atoms with Crippen molar-refractivity contribution in [2.24, 2.45) is 5.92 Å². The van der Waals surface area contributed by atoms with E-state index in [1.54, 1.807) is 0 Å². The van der Waals surface area contributed by atoms with Crippen molar-refractivity contribution in [2.45, 2.75) is 26.7 Å². The lowest BCUT2D eigenvalue weighted by molar-refractivity contribution is -0.149. The molecule has 0 fully saturated rings. The molecule has 0 aliphatic heterocycles. The SMILES string of the molecule is CC(C)COc1ccc(CCC(=O)C(=O)O)cc1. The second-order valence-corrected chi connectivity index (χ2v) is 4.58. The van der Waals surface area contributed by atoms with Crippen molar-refractivity contribution >= 4 is 11.8 Å². The van der Waals surface area contributed by atoms with Crippen LogP contribution in [0.1, 0.15) is 25.8 Å². The van der Waals surface area contributed by atoms with Crippen molar-refractivity contribution < 1.29 is 19.4 Å². The maximum Gasteiger partial charge on any atom is 0.372 e. The van der Waals surface area contributed by atoms with E-state index in [0.29, 0.717) is 18.9 Å². The number of hydrogen-bond donors (Lipinski definition) is 1. The Morgan fingerprint density at radius 3 is 2.33 bits per heavy atom. The van der Waals surface area contributed by atoms with E-state index in [9.17, 15) is 9.59 Å². The van der Waals surface area contributed by atoms with Crippen LogP contribution in [-0.2, 0) is 16.0 Å². The van der Waals surface area contributed by atoms with Gasteiger partial charge in [0.2, 0.25) is 5.78 Å². The summed E-state index contributed by atoms with van der Waals surface area (Å²) < 4.78 is 5.53. The molecule has 1 N–H and O–H groups in total. The van der Waals surface area contributed by atoms with Crippen LogP contribution in [0.25, 0.3) is 0 Å². The van der Waals surface area contributed by atoms with Crippen LogP contribution in [0.15, 0.2) is 24.3 Å². The molecule has 1 aromatic rings. The molecule has 0 aliphatic rings. The molecule has 0 amide bonds. The van der Waals surface area contributed by atoms with E-state index in [1.165, 1.54) is 0 Å². The van der Waals surface area contributed by atoms with Crippen LogP contribution < -0.4 is 4.74 Å². The van der Waals surface area contributed by atoms with Gasteiger partial charge in [0.1, 0.15) is 5.75 Å². The van der Waals surface area contributed by atoms with Gasteiger partial charge in [-0.1, -0.05) is 26.0 Å². The summed E-state index contributed by atoms with van der Waals surface area (Å²) in [6.45, 7) is 4.81. The molecule has 1 rings (SSSR count). The number of aliphatic carboxylic acids is 1. The van der Waals surface area contributed by atoms with E-state index in [1.807, 2.05) is 24.3 Å². The number of benzene rings is 1. The number of ether oxygens (including phenoxy) is 1. The fourth-order valence-corrected chi connectivity index (χ4v) is 1.38. The number of carbonyl (C=O) groups is 2. The van der Waals surface area contributed by atoms with E-state index in [4.69, 9.17) is 9.84 Å². The minimum Gasteiger partial charge on any atom is -0.493 e. The number of aryl methyl sites for hydroxylation is 1. The lowest BCUT2D eigenvalue weighted by Gasteiger charge is -2.09. The van der Waals surface area contributed by atoms with Gasteiger partial charge in [-0.3, -0.25) is 4.79 Å². The molecular formula is C14H18O4. The largest absolute Gasteiger partial charge is 0.493 e. The Bertz CT molecular complexity index is 406. The molecule has 0 radical (unpaired) electrons. The van der Waals surface area contributed by atoms with E-state index < -0.39 is 11.8 Å². The van der Waals surface area contributed by atoms with Crippen molar-refractivity contribution in [1.82, 2.24) is 0 Å². The Morgan fingerprint density at radius 1 is 1.22 bits per heavy atom. The minimum atomic E-state index is -1.37. The zero-order chi connectivity index (χ0) is 13.5. The molecule has 0 aromatic heterocycles. The molecule has 98 valence electrons. The van der Waals surface area contributed by atoms with Gasteiger partial charge in [0.05, 0.1) is 6.61 Å². The summed E-state index contributed by atoms with van der Waals surface area (Å²) in [7, 11) is 0. The Labute approximate surface area is 107 Å². The Hall–Kier alpha value is -1.84. The fourth-order valence-electron chi connectivity index (χ4n) is 1.38. The molecule has 0 heterocycles. The summed E-state index contributed by atoms with van der Waals surface area (Å²) in [5.41, 5.74) is 0.932.